The van der Waals surface area contributed by atoms with Gasteiger partial charge < -0.3 is 10.7 Å². The van der Waals surface area contributed by atoms with Gasteiger partial charge in [0, 0.05) is 38.6 Å². The molecule has 0 amide bonds. The third-order valence-corrected chi connectivity index (χ3v) is 6.84. The van der Waals surface area contributed by atoms with Gasteiger partial charge in [-0.1, -0.05) is 103 Å². The number of aromatic nitrogens is 1. The number of rotatable bonds is 3. The Bertz CT molecular complexity index is 1600. The molecule has 33 heavy (non-hydrogen) atoms. The van der Waals surface area contributed by atoms with E-state index in [9.17, 15) is 0 Å². The number of benzene rings is 5. The molecule has 2 nitrogen and oxygen atoms in total. The van der Waals surface area contributed by atoms with Crippen molar-refractivity contribution in [1.29, 1.82) is 0 Å². The number of hydrogen-bond donors (Lipinski definition) is 2. The third-order valence-electron chi connectivity index (χ3n) is 6.32. The summed E-state index contributed by atoms with van der Waals surface area (Å²) in [6.45, 7) is 0. The summed E-state index contributed by atoms with van der Waals surface area (Å²) in [6, 6.07) is 38.0. The van der Waals surface area contributed by atoms with Gasteiger partial charge in [-0.25, -0.2) is 0 Å². The number of H-pyrrole nitrogens is 1. The Morgan fingerprint density at radius 2 is 1.09 bits per heavy atom. The zero-order valence-electron chi connectivity index (χ0n) is 18.0. The maximum Gasteiger partial charge on any atom is 0.0771 e. The molecule has 0 fully saturated rings. The number of nitrogens with two attached hydrogens (primary N) is 1. The summed E-state index contributed by atoms with van der Waals surface area (Å²) in [5.74, 6) is 0. The lowest BCUT2D eigenvalue weighted by Crippen LogP contribution is -2.14. The Hall–Kier alpha value is -4.08. The van der Waals surface area contributed by atoms with E-state index in [0.29, 0.717) is 0 Å². The zero-order valence-corrected chi connectivity index (χ0v) is 19.0. The van der Waals surface area contributed by atoms with Crippen molar-refractivity contribution in [1.82, 2.24) is 4.98 Å². The van der Waals surface area contributed by atoms with Crippen LogP contribution in [0.1, 0.15) is 0 Å². The van der Waals surface area contributed by atoms with Gasteiger partial charge in [0.2, 0.25) is 0 Å². The van der Waals surface area contributed by atoms with Crippen molar-refractivity contribution in [3.63, 3.8) is 0 Å². The van der Waals surface area contributed by atoms with E-state index in [1.807, 2.05) is 6.07 Å². The van der Waals surface area contributed by atoms with Crippen LogP contribution in [-0.4, -0.2) is 15.2 Å². The van der Waals surface area contributed by atoms with Crippen molar-refractivity contribution < 1.29 is 0 Å². The summed E-state index contributed by atoms with van der Waals surface area (Å²) in [5.41, 5.74) is 16.5. The van der Waals surface area contributed by atoms with Crippen LogP contribution in [0.5, 0.6) is 0 Å². The first-order valence-corrected chi connectivity index (χ1v) is 11.5. The fourth-order valence-electron chi connectivity index (χ4n) is 4.86. The van der Waals surface area contributed by atoms with Gasteiger partial charge >= 0.3 is 0 Å². The predicted octanol–water partition coefficient (Wildman–Crippen LogP) is 6.70. The molecule has 3 N–H and O–H groups in total. The molecule has 0 saturated carbocycles. The second kappa shape index (κ2) is 7.80. The lowest BCUT2D eigenvalue weighted by Gasteiger charge is -2.18. The van der Waals surface area contributed by atoms with Crippen LogP contribution in [0.25, 0.3) is 55.2 Å². The molecule has 0 unspecified atom stereocenters. The van der Waals surface area contributed by atoms with Crippen molar-refractivity contribution in [3.8, 4) is 33.4 Å². The molecule has 0 aliphatic heterocycles. The molecule has 155 valence electrons. The molecule has 3 radical (unpaired) electrons. The summed E-state index contributed by atoms with van der Waals surface area (Å²) < 4.78 is 0. The van der Waals surface area contributed by atoms with Gasteiger partial charge in [0.15, 0.2) is 0 Å². The number of nitrogen functional groups attached to an aromatic ring is 1. The first-order chi connectivity index (χ1) is 16.2. The summed E-state index contributed by atoms with van der Waals surface area (Å²) in [6.07, 6.45) is 0. The van der Waals surface area contributed by atoms with E-state index >= 15 is 0 Å². The molecular weight excluding hydrogens is 416 g/mol. The third kappa shape index (κ3) is 3.09. The minimum absolute atomic E-state index is 0.733. The van der Waals surface area contributed by atoms with E-state index < -0.39 is 0 Å². The van der Waals surface area contributed by atoms with Gasteiger partial charge in [-0.05, 0) is 33.5 Å². The largest absolute Gasteiger partial charge is 0.398 e. The molecule has 6 aromatic rings. The number of anilines is 1. The predicted molar refractivity (Wildman–Crippen MR) is 142 cm³/mol. The molecule has 3 heteroatoms. The van der Waals surface area contributed by atoms with E-state index in [4.69, 9.17) is 5.73 Å². The van der Waals surface area contributed by atoms with Crippen LogP contribution < -0.4 is 10.9 Å². The number of aromatic amines is 1. The van der Waals surface area contributed by atoms with Crippen molar-refractivity contribution in [2.75, 3.05) is 5.73 Å². The van der Waals surface area contributed by atoms with Crippen molar-refractivity contribution in [2.24, 2.45) is 0 Å². The maximum absolute atomic E-state index is 6.82. The fraction of sp³-hybridized carbons (Fsp3) is 0. The Morgan fingerprint density at radius 1 is 0.545 bits per heavy atom. The fourth-order valence-corrected chi connectivity index (χ4v) is 5.17. The molecule has 6 rings (SSSR count). The van der Waals surface area contributed by atoms with E-state index in [1.54, 1.807) is 0 Å². The molecule has 0 atom stereocenters. The highest BCUT2D eigenvalue weighted by Crippen LogP contribution is 2.45. The second-order valence-corrected chi connectivity index (χ2v) is 8.74. The molecule has 5 aromatic carbocycles. The van der Waals surface area contributed by atoms with Gasteiger partial charge in [-0.3, -0.25) is 0 Å². The smallest absolute Gasteiger partial charge is 0.0771 e. The molecule has 0 bridgehead atoms. The summed E-state index contributed by atoms with van der Waals surface area (Å²) >= 11 is 0. The normalized spacial score (nSPS) is 11.3. The van der Waals surface area contributed by atoms with Gasteiger partial charge in [0.05, 0.1) is 10.2 Å². The van der Waals surface area contributed by atoms with Gasteiger partial charge in [0.1, 0.15) is 0 Å². The van der Waals surface area contributed by atoms with Crippen LogP contribution in [0.3, 0.4) is 0 Å². The maximum atomic E-state index is 6.82. The zero-order chi connectivity index (χ0) is 22.4. The molecule has 0 spiro atoms. The van der Waals surface area contributed by atoms with Crippen LogP contribution in [0.15, 0.2) is 109 Å². The van der Waals surface area contributed by atoms with Crippen LogP contribution in [0, 0.1) is 0 Å². The lowest BCUT2D eigenvalue weighted by atomic mass is 9.88. The lowest BCUT2D eigenvalue weighted by molar-refractivity contribution is 1.55. The number of nitrogens with one attached hydrogen (secondary N) is 1. The summed E-state index contributed by atoms with van der Waals surface area (Å²) in [4.78, 5) is 3.66. The Balaban J connectivity index is 1.87. The highest BCUT2D eigenvalue weighted by Gasteiger charge is 2.23. The van der Waals surface area contributed by atoms with Crippen LogP contribution in [0.4, 0.5) is 5.69 Å². The molecular formula is C30H21N2Si. The molecule has 1 heterocycles. The van der Waals surface area contributed by atoms with E-state index in [0.717, 1.165) is 44.2 Å². The molecule has 0 aliphatic rings. The van der Waals surface area contributed by atoms with E-state index in [1.165, 1.54) is 21.9 Å². The summed E-state index contributed by atoms with van der Waals surface area (Å²) in [5, 5.41) is 3.27. The number of fused-ring (bicyclic) bond motifs is 3. The minimum atomic E-state index is 0.733. The van der Waals surface area contributed by atoms with Gasteiger partial charge in [-0.2, -0.15) is 0 Å². The van der Waals surface area contributed by atoms with Crippen LogP contribution in [-0.2, 0) is 0 Å². The average Bonchev–Trinajstić information content (AvgIpc) is 3.27. The standard InChI is InChI=1S/C30H21N2Si/c31-28-25(21-15-8-3-9-16-21)24(20-13-6-2-7-14-20)27-26-22(19-11-4-1-5-12-19)17-10-18-23(26)32-29(27)30(28)33/h1-18,32H,31H2. The Kier molecular flexibility index (Phi) is 4.63. The minimum Gasteiger partial charge on any atom is -0.398 e. The van der Waals surface area contributed by atoms with Crippen LogP contribution in [0.2, 0.25) is 0 Å². The molecule has 0 saturated heterocycles. The van der Waals surface area contributed by atoms with E-state index in [2.05, 4.69) is 118 Å². The quantitative estimate of drug-likeness (QED) is 0.235. The monoisotopic (exact) mass is 437 g/mol. The van der Waals surface area contributed by atoms with Crippen LogP contribution >= 0.6 is 0 Å². The Morgan fingerprint density at radius 3 is 1.70 bits per heavy atom. The second-order valence-electron chi connectivity index (χ2n) is 8.24. The highest BCUT2D eigenvalue weighted by atomic mass is 28.1. The SMILES string of the molecule is Nc1c(-c2ccccc2)c(-c2ccccc2)c2c([nH]c3cccc(-c4ccccc4)c32)c1[Si]. The Labute approximate surface area is 196 Å². The van der Waals surface area contributed by atoms with Crippen molar-refractivity contribution in [3.05, 3.63) is 109 Å². The van der Waals surface area contributed by atoms with Crippen molar-refractivity contribution in [2.45, 2.75) is 0 Å². The highest BCUT2D eigenvalue weighted by molar-refractivity contribution is 6.46. The summed E-state index contributed by atoms with van der Waals surface area (Å²) in [7, 11) is 3.90. The first-order valence-electron chi connectivity index (χ1n) is 11.0. The average molecular weight is 438 g/mol. The van der Waals surface area contributed by atoms with Gasteiger partial charge in [-0.15, -0.1) is 0 Å². The first kappa shape index (κ1) is 19.6. The van der Waals surface area contributed by atoms with Crippen molar-refractivity contribution >= 4 is 42.9 Å². The molecule has 1 aromatic heterocycles. The van der Waals surface area contributed by atoms with E-state index in [-0.39, 0.29) is 0 Å². The molecule has 0 aliphatic carbocycles. The topological polar surface area (TPSA) is 41.8 Å². The van der Waals surface area contributed by atoms with Gasteiger partial charge in [0.25, 0.3) is 0 Å². The number of hydrogen-bond acceptors (Lipinski definition) is 1.